The average molecular weight is 286 g/mol. The molecule has 1 aromatic carbocycles. The zero-order valence-corrected chi connectivity index (χ0v) is 12.8. The first-order chi connectivity index (χ1) is 10.2. The van der Waals surface area contributed by atoms with E-state index in [1.54, 1.807) is 6.92 Å². The third-order valence-electron chi connectivity index (χ3n) is 3.77. The van der Waals surface area contributed by atoms with Crippen molar-refractivity contribution in [3.05, 3.63) is 47.5 Å². The van der Waals surface area contributed by atoms with Crippen molar-refractivity contribution >= 4 is 5.91 Å². The molecule has 0 saturated carbocycles. The Hall–Kier alpha value is -2.17. The largest absolute Gasteiger partial charge is 0.342 e. The molecule has 2 rings (SSSR count). The predicted molar refractivity (Wildman–Crippen MR) is 81.8 cm³/mol. The number of nitrogens with zero attached hydrogens (tertiary/aromatic N) is 2. The molecule has 0 saturated heterocycles. The van der Waals surface area contributed by atoms with Gasteiger partial charge in [-0.15, -0.1) is 5.10 Å². The number of carbonyl (C=O) groups is 1. The Morgan fingerprint density at radius 2 is 1.90 bits per heavy atom. The Morgan fingerprint density at radius 3 is 2.43 bits per heavy atom. The van der Waals surface area contributed by atoms with Crippen molar-refractivity contribution in [3.63, 3.8) is 0 Å². The topological polar surface area (TPSA) is 70.7 Å². The van der Waals surface area contributed by atoms with Crippen LogP contribution in [0.3, 0.4) is 0 Å². The van der Waals surface area contributed by atoms with Crippen LogP contribution in [0.15, 0.2) is 30.3 Å². The molecule has 1 amide bonds. The van der Waals surface area contributed by atoms with E-state index in [1.165, 1.54) is 0 Å². The van der Waals surface area contributed by atoms with Gasteiger partial charge in [0.25, 0.3) is 5.91 Å². The van der Waals surface area contributed by atoms with Crippen LogP contribution in [0, 0.1) is 12.8 Å². The van der Waals surface area contributed by atoms with Crippen LogP contribution in [0.25, 0.3) is 0 Å². The Morgan fingerprint density at radius 1 is 1.24 bits per heavy atom. The molecule has 1 heterocycles. The van der Waals surface area contributed by atoms with Crippen molar-refractivity contribution in [1.29, 1.82) is 0 Å². The third-order valence-corrected chi connectivity index (χ3v) is 3.77. The smallest absolute Gasteiger partial charge is 0.291 e. The summed E-state index contributed by atoms with van der Waals surface area (Å²) in [6.07, 6.45) is 2.01. The zero-order chi connectivity index (χ0) is 15.2. The number of H-pyrrole nitrogens is 1. The number of benzene rings is 1. The number of aromatic nitrogens is 3. The third kappa shape index (κ3) is 3.68. The van der Waals surface area contributed by atoms with E-state index in [1.807, 2.05) is 30.3 Å². The summed E-state index contributed by atoms with van der Waals surface area (Å²) in [6, 6.07) is 10.0. The second-order valence-corrected chi connectivity index (χ2v) is 5.18. The van der Waals surface area contributed by atoms with Gasteiger partial charge in [-0.25, -0.2) is 4.98 Å². The lowest BCUT2D eigenvalue weighted by Gasteiger charge is -2.26. The van der Waals surface area contributed by atoms with Gasteiger partial charge in [0.1, 0.15) is 5.82 Å². The minimum Gasteiger partial charge on any atom is -0.342 e. The molecule has 21 heavy (non-hydrogen) atoms. The van der Waals surface area contributed by atoms with E-state index in [4.69, 9.17) is 0 Å². The monoisotopic (exact) mass is 286 g/mol. The van der Waals surface area contributed by atoms with Crippen LogP contribution in [0.5, 0.6) is 0 Å². The van der Waals surface area contributed by atoms with Crippen molar-refractivity contribution in [3.8, 4) is 0 Å². The second-order valence-electron chi connectivity index (χ2n) is 5.18. The van der Waals surface area contributed by atoms with Crippen molar-refractivity contribution in [2.45, 2.75) is 39.7 Å². The van der Waals surface area contributed by atoms with Gasteiger partial charge in [-0.3, -0.25) is 9.89 Å². The molecular formula is C16H22N4O. The summed E-state index contributed by atoms with van der Waals surface area (Å²) < 4.78 is 0. The Labute approximate surface area is 125 Å². The van der Waals surface area contributed by atoms with Crippen LogP contribution in [-0.4, -0.2) is 21.1 Å². The first-order valence-electron chi connectivity index (χ1n) is 7.40. The molecule has 0 aliphatic rings. The van der Waals surface area contributed by atoms with Gasteiger partial charge in [-0.2, -0.15) is 0 Å². The number of amides is 1. The van der Waals surface area contributed by atoms with Gasteiger partial charge in [-0.05, 0) is 18.4 Å². The number of hydrogen-bond acceptors (Lipinski definition) is 3. The summed E-state index contributed by atoms with van der Waals surface area (Å²) in [5, 5.41) is 9.70. The van der Waals surface area contributed by atoms with Gasteiger partial charge in [0.2, 0.25) is 5.82 Å². The summed E-state index contributed by atoms with van der Waals surface area (Å²) in [7, 11) is 0. The van der Waals surface area contributed by atoms with E-state index in [9.17, 15) is 4.79 Å². The fraction of sp³-hybridized carbons (Fsp3) is 0.438. The molecule has 112 valence electrons. The van der Waals surface area contributed by atoms with Crippen LogP contribution in [-0.2, 0) is 0 Å². The molecule has 5 nitrogen and oxygen atoms in total. The van der Waals surface area contributed by atoms with Crippen molar-refractivity contribution in [1.82, 2.24) is 20.5 Å². The maximum atomic E-state index is 12.3. The first kappa shape index (κ1) is 15.2. The van der Waals surface area contributed by atoms with Crippen molar-refractivity contribution in [2.24, 2.45) is 5.92 Å². The highest BCUT2D eigenvalue weighted by Gasteiger charge is 2.24. The molecule has 0 fully saturated rings. The van der Waals surface area contributed by atoms with Crippen LogP contribution in [0.1, 0.15) is 54.7 Å². The summed E-state index contributed by atoms with van der Waals surface area (Å²) in [5.41, 5.74) is 1.12. The molecule has 1 unspecified atom stereocenters. The van der Waals surface area contributed by atoms with Crippen LogP contribution >= 0.6 is 0 Å². The van der Waals surface area contributed by atoms with Gasteiger partial charge in [-0.1, -0.05) is 57.0 Å². The maximum absolute atomic E-state index is 12.3. The molecule has 5 heteroatoms. The van der Waals surface area contributed by atoms with Gasteiger partial charge in [0, 0.05) is 0 Å². The molecule has 0 spiro atoms. The zero-order valence-electron chi connectivity index (χ0n) is 12.8. The molecular weight excluding hydrogens is 264 g/mol. The van der Waals surface area contributed by atoms with E-state index in [-0.39, 0.29) is 17.8 Å². The minimum atomic E-state index is -0.236. The standard InChI is InChI=1S/C16H22N4O/c1-4-12(5-2)14(13-9-7-6-8-10-13)18-16(21)15-17-11(3)19-20-15/h6-10,12,14H,4-5H2,1-3H3,(H,18,21)(H,17,19,20). The fourth-order valence-corrected chi connectivity index (χ4v) is 2.54. The van der Waals surface area contributed by atoms with E-state index >= 15 is 0 Å². The summed E-state index contributed by atoms with van der Waals surface area (Å²) in [4.78, 5) is 16.4. The highest BCUT2D eigenvalue weighted by molar-refractivity contribution is 5.90. The number of aromatic amines is 1. The average Bonchev–Trinajstić information content (AvgIpc) is 2.95. The molecule has 2 aromatic rings. The quantitative estimate of drug-likeness (QED) is 0.857. The number of aryl methyl sites for hydroxylation is 1. The molecule has 0 aliphatic heterocycles. The van der Waals surface area contributed by atoms with E-state index < -0.39 is 0 Å². The fourth-order valence-electron chi connectivity index (χ4n) is 2.54. The highest BCUT2D eigenvalue weighted by atomic mass is 16.2. The number of hydrogen-bond donors (Lipinski definition) is 2. The SMILES string of the molecule is CCC(CC)C(NC(=O)c1n[nH]c(C)n1)c1ccccc1. The summed E-state index contributed by atoms with van der Waals surface area (Å²) in [6.45, 7) is 6.07. The van der Waals surface area contributed by atoms with Crippen LogP contribution in [0.2, 0.25) is 0 Å². The molecule has 1 atom stereocenters. The number of rotatable bonds is 6. The molecule has 0 aliphatic carbocycles. The summed E-state index contributed by atoms with van der Waals surface area (Å²) >= 11 is 0. The van der Waals surface area contributed by atoms with Gasteiger partial charge < -0.3 is 5.32 Å². The number of nitrogens with one attached hydrogen (secondary N) is 2. The molecule has 0 bridgehead atoms. The Bertz CT molecular complexity index is 575. The van der Waals surface area contributed by atoms with Gasteiger partial charge >= 0.3 is 0 Å². The lowest BCUT2D eigenvalue weighted by Crippen LogP contribution is -2.34. The van der Waals surface area contributed by atoms with Gasteiger partial charge in [0.15, 0.2) is 0 Å². The Kier molecular flexibility index (Phi) is 5.09. The van der Waals surface area contributed by atoms with Gasteiger partial charge in [0.05, 0.1) is 6.04 Å². The van der Waals surface area contributed by atoms with Crippen molar-refractivity contribution < 1.29 is 4.79 Å². The second kappa shape index (κ2) is 7.02. The predicted octanol–water partition coefficient (Wildman–Crippen LogP) is 3.02. The number of carbonyl (C=O) groups excluding carboxylic acids is 1. The van der Waals surface area contributed by atoms with E-state index in [0.717, 1.165) is 18.4 Å². The van der Waals surface area contributed by atoms with Crippen LogP contribution < -0.4 is 5.32 Å². The maximum Gasteiger partial charge on any atom is 0.291 e. The molecule has 0 radical (unpaired) electrons. The first-order valence-corrected chi connectivity index (χ1v) is 7.40. The minimum absolute atomic E-state index is 0.0208. The summed E-state index contributed by atoms with van der Waals surface area (Å²) in [5.74, 6) is 0.981. The lowest BCUT2D eigenvalue weighted by molar-refractivity contribution is 0.0909. The normalized spacial score (nSPS) is 12.4. The lowest BCUT2D eigenvalue weighted by atomic mass is 9.89. The molecule has 1 aromatic heterocycles. The highest BCUT2D eigenvalue weighted by Crippen LogP contribution is 2.27. The molecule has 2 N–H and O–H groups in total. The van der Waals surface area contributed by atoms with Crippen molar-refractivity contribution in [2.75, 3.05) is 0 Å². The van der Waals surface area contributed by atoms with E-state index in [0.29, 0.717) is 11.7 Å². The van der Waals surface area contributed by atoms with E-state index in [2.05, 4.69) is 34.3 Å². The Balaban J connectivity index is 2.22. The van der Waals surface area contributed by atoms with Crippen LogP contribution in [0.4, 0.5) is 0 Å².